The quantitative estimate of drug-likeness (QED) is 0.209. The zero-order chi connectivity index (χ0) is 13.8. The number of nitrogens with two attached hydrogens (primary N) is 1. The number of phenols is 1. The van der Waals surface area contributed by atoms with Crippen LogP contribution in [0.1, 0.15) is 16.8 Å². The van der Waals surface area contributed by atoms with Crippen molar-refractivity contribution in [1.29, 1.82) is 0 Å². The Bertz CT molecular complexity index is 430. The third-order valence-corrected chi connectivity index (χ3v) is 2.45. The first-order valence-electron chi connectivity index (χ1n) is 5.86. The SMILES string of the molecule is C[N+](C)(C)CCCOC(=O)c1ccc(N)cc1O.[I-]. The molecule has 0 aliphatic rings. The summed E-state index contributed by atoms with van der Waals surface area (Å²) < 4.78 is 5.92. The van der Waals surface area contributed by atoms with Crippen molar-refractivity contribution >= 4 is 11.7 Å². The van der Waals surface area contributed by atoms with Gasteiger partial charge in [-0.15, -0.1) is 0 Å². The molecule has 1 aromatic carbocycles. The molecular weight excluding hydrogens is 359 g/mol. The van der Waals surface area contributed by atoms with Crippen molar-refractivity contribution in [1.82, 2.24) is 0 Å². The van der Waals surface area contributed by atoms with Gasteiger partial charge in [0, 0.05) is 18.2 Å². The molecule has 0 saturated heterocycles. The molecule has 0 spiro atoms. The lowest BCUT2D eigenvalue weighted by molar-refractivity contribution is -0.870. The average Bonchev–Trinajstić information content (AvgIpc) is 2.22. The Labute approximate surface area is 131 Å². The minimum atomic E-state index is -0.520. The van der Waals surface area contributed by atoms with Crippen molar-refractivity contribution in [3.8, 4) is 5.75 Å². The number of hydrogen-bond acceptors (Lipinski definition) is 4. The highest BCUT2D eigenvalue weighted by atomic mass is 127. The van der Waals surface area contributed by atoms with E-state index in [2.05, 4.69) is 21.1 Å². The van der Waals surface area contributed by atoms with Gasteiger partial charge in [0.2, 0.25) is 0 Å². The zero-order valence-electron chi connectivity index (χ0n) is 11.5. The average molecular weight is 380 g/mol. The molecule has 108 valence electrons. The van der Waals surface area contributed by atoms with Crippen molar-refractivity contribution in [2.75, 3.05) is 40.0 Å². The van der Waals surface area contributed by atoms with Gasteiger partial charge in [-0.25, -0.2) is 4.79 Å². The fraction of sp³-hybridized carbons (Fsp3) is 0.462. The molecule has 3 N–H and O–H groups in total. The molecule has 1 rings (SSSR count). The molecule has 0 radical (unpaired) electrons. The number of halogens is 1. The molecule has 0 aliphatic carbocycles. The van der Waals surface area contributed by atoms with Gasteiger partial charge in [0.15, 0.2) is 0 Å². The van der Waals surface area contributed by atoms with Crippen LogP contribution in [-0.4, -0.2) is 49.9 Å². The fourth-order valence-corrected chi connectivity index (χ4v) is 1.50. The summed E-state index contributed by atoms with van der Waals surface area (Å²) in [6, 6.07) is 4.36. The van der Waals surface area contributed by atoms with Gasteiger partial charge in [-0.1, -0.05) is 0 Å². The largest absolute Gasteiger partial charge is 1.00 e. The summed E-state index contributed by atoms with van der Waals surface area (Å²) in [5, 5.41) is 9.56. The molecule has 0 bridgehead atoms. The smallest absolute Gasteiger partial charge is 0.341 e. The number of carbonyl (C=O) groups is 1. The van der Waals surface area contributed by atoms with Crippen molar-refractivity contribution in [3.05, 3.63) is 23.8 Å². The molecule has 5 nitrogen and oxygen atoms in total. The fourth-order valence-electron chi connectivity index (χ4n) is 1.50. The van der Waals surface area contributed by atoms with Crippen LogP contribution >= 0.6 is 0 Å². The van der Waals surface area contributed by atoms with Gasteiger partial charge in [-0.3, -0.25) is 0 Å². The number of carbonyl (C=O) groups excluding carboxylic acids is 1. The van der Waals surface area contributed by atoms with Crippen molar-refractivity contribution in [2.45, 2.75) is 6.42 Å². The number of esters is 1. The lowest BCUT2D eigenvalue weighted by Gasteiger charge is -2.23. The van der Waals surface area contributed by atoms with E-state index in [1.54, 1.807) is 6.07 Å². The summed E-state index contributed by atoms with van der Waals surface area (Å²) in [7, 11) is 6.23. The van der Waals surface area contributed by atoms with E-state index in [0.717, 1.165) is 17.4 Å². The second-order valence-corrected chi connectivity index (χ2v) is 5.28. The predicted molar refractivity (Wildman–Crippen MR) is 70.3 cm³/mol. The molecule has 0 amide bonds. The highest BCUT2D eigenvalue weighted by Gasteiger charge is 2.13. The van der Waals surface area contributed by atoms with E-state index in [-0.39, 0.29) is 35.3 Å². The van der Waals surface area contributed by atoms with Crippen molar-refractivity contribution in [3.63, 3.8) is 0 Å². The Kier molecular flexibility index (Phi) is 7.14. The Morgan fingerprint density at radius 3 is 2.53 bits per heavy atom. The van der Waals surface area contributed by atoms with Crippen LogP contribution in [-0.2, 0) is 4.74 Å². The second-order valence-electron chi connectivity index (χ2n) is 5.28. The van der Waals surface area contributed by atoms with Gasteiger partial charge < -0.3 is 44.0 Å². The molecule has 0 heterocycles. The monoisotopic (exact) mass is 380 g/mol. The number of benzene rings is 1. The number of aromatic hydroxyl groups is 1. The zero-order valence-corrected chi connectivity index (χ0v) is 13.7. The van der Waals surface area contributed by atoms with Crippen LogP contribution in [0.15, 0.2) is 18.2 Å². The molecule has 19 heavy (non-hydrogen) atoms. The van der Waals surface area contributed by atoms with Gasteiger partial charge in [0.1, 0.15) is 11.3 Å². The summed E-state index contributed by atoms with van der Waals surface area (Å²) in [6.45, 7) is 1.26. The molecule has 0 aromatic heterocycles. The Hall–Kier alpha value is -1.02. The lowest BCUT2D eigenvalue weighted by atomic mass is 10.2. The van der Waals surface area contributed by atoms with E-state index >= 15 is 0 Å². The standard InChI is InChI=1S/C13H20N2O3.HI/c1-15(2,3)7-4-8-18-13(17)11-6-5-10(14)9-12(11)16;/h5-6,9H,4,7-8H2,1-3H3,(H2-,14,16,17);1H. The first-order chi connectivity index (χ1) is 8.29. The van der Waals surface area contributed by atoms with Crippen LogP contribution in [0.3, 0.4) is 0 Å². The minimum Gasteiger partial charge on any atom is -1.00 e. The van der Waals surface area contributed by atoms with Crippen LogP contribution in [0.25, 0.3) is 0 Å². The van der Waals surface area contributed by atoms with Gasteiger partial charge in [0.25, 0.3) is 0 Å². The van der Waals surface area contributed by atoms with E-state index in [0.29, 0.717) is 12.3 Å². The summed E-state index contributed by atoms with van der Waals surface area (Å²) in [5.41, 5.74) is 6.04. The van der Waals surface area contributed by atoms with Gasteiger partial charge in [-0.2, -0.15) is 0 Å². The van der Waals surface area contributed by atoms with Crippen LogP contribution in [0.5, 0.6) is 5.75 Å². The summed E-state index contributed by atoms with van der Waals surface area (Å²) in [5.74, 6) is -0.666. The van der Waals surface area contributed by atoms with Gasteiger partial charge in [0.05, 0.1) is 34.3 Å². The van der Waals surface area contributed by atoms with E-state index < -0.39 is 5.97 Å². The second kappa shape index (κ2) is 7.54. The van der Waals surface area contributed by atoms with Gasteiger partial charge in [-0.05, 0) is 12.1 Å². The Morgan fingerprint density at radius 1 is 1.37 bits per heavy atom. The van der Waals surface area contributed by atoms with E-state index in [9.17, 15) is 9.90 Å². The van der Waals surface area contributed by atoms with E-state index in [1.807, 2.05) is 0 Å². The van der Waals surface area contributed by atoms with E-state index in [1.165, 1.54) is 12.1 Å². The topological polar surface area (TPSA) is 72.5 Å². The summed E-state index contributed by atoms with van der Waals surface area (Å²) in [6.07, 6.45) is 0.783. The molecule has 0 fully saturated rings. The number of nitrogen functional groups attached to an aromatic ring is 1. The molecular formula is C13H21IN2O3. The Morgan fingerprint density at radius 2 is 2.00 bits per heavy atom. The van der Waals surface area contributed by atoms with Crippen LogP contribution in [0, 0.1) is 0 Å². The maximum absolute atomic E-state index is 11.7. The Balaban J connectivity index is 0.00000324. The number of phenolic OH excluding ortho intramolecular Hbond substituents is 1. The molecule has 6 heteroatoms. The first-order valence-corrected chi connectivity index (χ1v) is 5.86. The number of anilines is 1. The first kappa shape index (κ1) is 18.0. The predicted octanol–water partition coefficient (Wildman–Crippen LogP) is -1.77. The number of quaternary nitrogens is 1. The highest BCUT2D eigenvalue weighted by Crippen LogP contribution is 2.20. The van der Waals surface area contributed by atoms with E-state index in [4.69, 9.17) is 10.5 Å². The summed E-state index contributed by atoms with van der Waals surface area (Å²) in [4.78, 5) is 11.7. The number of rotatable bonds is 5. The van der Waals surface area contributed by atoms with Crippen LogP contribution < -0.4 is 29.7 Å². The normalized spacial score (nSPS) is 10.7. The maximum Gasteiger partial charge on any atom is 0.341 e. The third kappa shape index (κ3) is 6.63. The van der Waals surface area contributed by atoms with Crippen molar-refractivity contribution < 1.29 is 43.1 Å². The van der Waals surface area contributed by atoms with Crippen molar-refractivity contribution in [2.24, 2.45) is 0 Å². The molecule has 0 saturated carbocycles. The molecule has 0 atom stereocenters. The summed E-state index contributed by atoms with van der Waals surface area (Å²) >= 11 is 0. The molecule has 1 aromatic rings. The number of ether oxygens (including phenoxy) is 1. The minimum absolute atomic E-state index is 0. The number of hydrogen-bond donors (Lipinski definition) is 2. The third-order valence-electron chi connectivity index (χ3n) is 2.45. The molecule has 0 aliphatic heterocycles. The maximum atomic E-state index is 11.7. The lowest BCUT2D eigenvalue weighted by Crippen LogP contribution is -3.00. The van der Waals surface area contributed by atoms with Gasteiger partial charge >= 0.3 is 5.97 Å². The van der Waals surface area contributed by atoms with Crippen LogP contribution in [0.2, 0.25) is 0 Å². The van der Waals surface area contributed by atoms with Crippen LogP contribution in [0.4, 0.5) is 5.69 Å². The number of nitrogens with zero attached hydrogens (tertiary/aromatic N) is 1. The highest BCUT2D eigenvalue weighted by molar-refractivity contribution is 5.92. The molecule has 0 unspecified atom stereocenters.